The number of thioether (sulfide) groups is 1. The molecule has 6 heteroatoms. The Hall–Kier alpha value is -0.910. The van der Waals surface area contributed by atoms with Gasteiger partial charge in [0, 0.05) is 0 Å². The summed E-state index contributed by atoms with van der Waals surface area (Å²) >= 11 is 1.71. The van der Waals surface area contributed by atoms with Gasteiger partial charge in [-0.3, -0.25) is 4.79 Å². The molecule has 1 aliphatic carbocycles. The van der Waals surface area contributed by atoms with E-state index in [1.165, 1.54) is 6.42 Å². The second kappa shape index (κ2) is 6.90. The standard InChI is InChI=1S/C15H27N3O2S/c1-14(8-7-11-21-14)13(19)17-15(12(16)18-20)9-5-3-2-4-6-10-15/h20H,2-11H2,1H3,(H2,16,18)(H,17,19). The molecule has 1 saturated carbocycles. The lowest BCUT2D eigenvalue weighted by atomic mass is 9.82. The zero-order valence-electron chi connectivity index (χ0n) is 12.9. The third-order valence-electron chi connectivity index (χ3n) is 4.86. The van der Waals surface area contributed by atoms with Crippen molar-refractivity contribution in [2.45, 2.75) is 75.0 Å². The van der Waals surface area contributed by atoms with Gasteiger partial charge in [0.15, 0.2) is 5.84 Å². The van der Waals surface area contributed by atoms with Crippen molar-refractivity contribution in [1.82, 2.24) is 5.32 Å². The van der Waals surface area contributed by atoms with Gasteiger partial charge < -0.3 is 16.3 Å². The average molecular weight is 313 g/mol. The molecular formula is C15H27N3O2S. The van der Waals surface area contributed by atoms with Gasteiger partial charge >= 0.3 is 0 Å². The van der Waals surface area contributed by atoms with Crippen molar-refractivity contribution in [2.75, 3.05) is 5.75 Å². The van der Waals surface area contributed by atoms with Crippen LogP contribution in [0.2, 0.25) is 0 Å². The Balaban J connectivity index is 2.17. The van der Waals surface area contributed by atoms with E-state index in [4.69, 9.17) is 10.9 Å². The fourth-order valence-corrected chi connectivity index (χ4v) is 4.57. The first-order valence-corrected chi connectivity index (χ1v) is 8.96. The second-order valence-electron chi connectivity index (χ2n) is 6.47. The maximum absolute atomic E-state index is 12.7. The summed E-state index contributed by atoms with van der Waals surface area (Å²) in [5.41, 5.74) is 5.30. The molecule has 0 aromatic rings. The highest BCUT2D eigenvalue weighted by Crippen LogP contribution is 2.39. The molecule has 4 N–H and O–H groups in total. The Labute approximate surface area is 131 Å². The molecule has 1 amide bonds. The van der Waals surface area contributed by atoms with E-state index >= 15 is 0 Å². The lowest BCUT2D eigenvalue weighted by Crippen LogP contribution is -2.61. The van der Waals surface area contributed by atoms with Crippen molar-refractivity contribution in [3.05, 3.63) is 0 Å². The molecule has 21 heavy (non-hydrogen) atoms. The van der Waals surface area contributed by atoms with Crippen LogP contribution in [0.4, 0.5) is 0 Å². The molecule has 1 atom stereocenters. The van der Waals surface area contributed by atoms with Gasteiger partial charge in [0.05, 0.1) is 4.75 Å². The predicted molar refractivity (Wildman–Crippen MR) is 86.7 cm³/mol. The van der Waals surface area contributed by atoms with Crippen LogP contribution in [0, 0.1) is 0 Å². The second-order valence-corrected chi connectivity index (χ2v) is 8.07. The Kier molecular flexibility index (Phi) is 5.41. The molecular weight excluding hydrogens is 286 g/mol. The van der Waals surface area contributed by atoms with Crippen LogP contribution in [-0.4, -0.2) is 33.0 Å². The quantitative estimate of drug-likeness (QED) is 0.323. The monoisotopic (exact) mass is 313 g/mol. The van der Waals surface area contributed by atoms with Gasteiger partial charge in [-0.2, -0.15) is 0 Å². The molecule has 0 bridgehead atoms. The smallest absolute Gasteiger partial charge is 0.236 e. The van der Waals surface area contributed by atoms with Gasteiger partial charge in [-0.1, -0.05) is 37.3 Å². The fourth-order valence-electron chi connectivity index (χ4n) is 3.36. The average Bonchev–Trinajstić information content (AvgIpc) is 2.89. The van der Waals surface area contributed by atoms with E-state index in [1.807, 2.05) is 6.92 Å². The maximum Gasteiger partial charge on any atom is 0.236 e. The van der Waals surface area contributed by atoms with E-state index in [0.29, 0.717) is 0 Å². The number of nitrogens with one attached hydrogen (secondary N) is 1. The molecule has 2 fully saturated rings. The first-order valence-electron chi connectivity index (χ1n) is 7.97. The maximum atomic E-state index is 12.7. The van der Waals surface area contributed by atoms with Crippen LogP contribution in [0.5, 0.6) is 0 Å². The minimum Gasteiger partial charge on any atom is -0.409 e. The number of rotatable bonds is 3. The van der Waals surface area contributed by atoms with Gasteiger partial charge in [0.1, 0.15) is 5.54 Å². The van der Waals surface area contributed by atoms with Crippen molar-refractivity contribution in [2.24, 2.45) is 10.9 Å². The number of oxime groups is 1. The number of hydrogen-bond donors (Lipinski definition) is 3. The van der Waals surface area contributed by atoms with Crippen molar-refractivity contribution in [1.29, 1.82) is 0 Å². The zero-order chi connectivity index (χ0) is 15.3. The van der Waals surface area contributed by atoms with Gasteiger partial charge in [-0.25, -0.2) is 0 Å². The highest BCUT2D eigenvalue weighted by Gasteiger charge is 2.43. The Morgan fingerprint density at radius 3 is 2.29 bits per heavy atom. The van der Waals surface area contributed by atoms with Crippen molar-refractivity contribution < 1.29 is 10.0 Å². The number of carbonyl (C=O) groups excluding carboxylic acids is 1. The first kappa shape index (κ1) is 16.5. The summed E-state index contributed by atoms with van der Waals surface area (Å²) in [5, 5.41) is 15.6. The van der Waals surface area contributed by atoms with Gasteiger partial charge in [-0.15, -0.1) is 11.8 Å². The lowest BCUT2D eigenvalue weighted by molar-refractivity contribution is -0.124. The molecule has 120 valence electrons. The molecule has 1 unspecified atom stereocenters. The van der Waals surface area contributed by atoms with Crippen LogP contribution < -0.4 is 11.1 Å². The summed E-state index contributed by atoms with van der Waals surface area (Å²) < 4.78 is -0.370. The van der Waals surface area contributed by atoms with E-state index in [0.717, 1.165) is 57.1 Å². The summed E-state index contributed by atoms with van der Waals surface area (Å²) in [5.74, 6) is 1.22. The topological polar surface area (TPSA) is 87.7 Å². The van der Waals surface area contributed by atoms with Crippen molar-refractivity contribution in [3.8, 4) is 0 Å². The Bertz CT molecular complexity index is 398. The lowest BCUT2D eigenvalue weighted by Gasteiger charge is -2.37. The van der Waals surface area contributed by atoms with E-state index in [9.17, 15) is 4.79 Å². The van der Waals surface area contributed by atoms with Crippen LogP contribution in [0.1, 0.15) is 64.7 Å². The predicted octanol–water partition coefficient (Wildman–Crippen LogP) is 2.62. The van der Waals surface area contributed by atoms with Gasteiger partial charge in [0.25, 0.3) is 0 Å². The van der Waals surface area contributed by atoms with Crippen molar-refractivity contribution in [3.63, 3.8) is 0 Å². The van der Waals surface area contributed by atoms with Crippen LogP contribution >= 0.6 is 11.8 Å². The summed E-state index contributed by atoms with van der Waals surface area (Å²) in [6.45, 7) is 2.00. The van der Waals surface area contributed by atoms with Gasteiger partial charge in [-0.05, 0) is 38.4 Å². The molecule has 0 aromatic heterocycles. The van der Waals surface area contributed by atoms with Crippen molar-refractivity contribution >= 4 is 23.5 Å². The number of amides is 1. The van der Waals surface area contributed by atoms with E-state index in [-0.39, 0.29) is 16.5 Å². The minimum absolute atomic E-state index is 0.0390. The highest BCUT2D eigenvalue weighted by atomic mass is 32.2. The molecule has 1 saturated heterocycles. The molecule has 2 aliphatic rings. The Morgan fingerprint density at radius 2 is 1.76 bits per heavy atom. The van der Waals surface area contributed by atoms with Gasteiger partial charge in [0.2, 0.25) is 5.91 Å². The van der Waals surface area contributed by atoms with Crippen LogP contribution in [-0.2, 0) is 4.79 Å². The largest absolute Gasteiger partial charge is 0.409 e. The Morgan fingerprint density at radius 1 is 1.14 bits per heavy atom. The van der Waals surface area contributed by atoms with E-state index in [2.05, 4.69) is 10.5 Å². The SMILES string of the molecule is CC1(C(=O)NC2(C(N)=NO)CCCCCCC2)CCCS1. The molecule has 2 rings (SSSR count). The fraction of sp³-hybridized carbons (Fsp3) is 0.867. The number of hydrogen-bond acceptors (Lipinski definition) is 4. The molecule has 1 heterocycles. The molecule has 5 nitrogen and oxygen atoms in total. The van der Waals surface area contributed by atoms with E-state index < -0.39 is 5.54 Å². The normalized spacial score (nSPS) is 30.4. The molecule has 0 spiro atoms. The third-order valence-corrected chi connectivity index (χ3v) is 6.38. The zero-order valence-corrected chi connectivity index (χ0v) is 13.7. The summed E-state index contributed by atoms with van der Waals surface area (Å²) in [7, 11) is 0. The first-order chi connectivity index (χ1) is 10.0. The highest BCUT2D eigenvalue weighted by molar-refractivity contribution is 8.01. The number of carbonyl (C=O) groups is 1. The van der Waals surface area contributed by atoms with E-state index in [1.54, 1.807) is 11.8 Å². The summed E-state index contributed by atoms with van der Waals surface area (Å²) in [4.78, 5) is 12.7. The van der Waals surface area contributed by atoms with Crippen LogP contribution in [0.3, 0.4) is 0 Å². The number of nitrogens with zero attached hydrogens (tertiary/aromatic N) is 1. The summed E-state index contributed by atoms with van der Waals surface area (Å²) in [6, 6.07) is 0. The molecule has 0 radical (unpaired) electrons. The van der Waals surface area contributed by atoms with Crippen LogP contribution in [0.15, 0.2) is 5.16 Å². The third kappa shape index (κ3) is 3.65. The number of nitrogens with two attached hydrogens (primary N) is 1. The molecule has 0 aromatic carbocycles. The number of amidine groups is 1. The molecule has 1 aliphatic heterocycles. The minimum atomic E-state index is -0.668. The summed E-state index contributed by atoms with van der Waals surface area (Å²) in [6.07, 6.45) is 9.00. The van der Waals surface area contributed by atoms with Crippen LogP contribution in [0.25, 0.3) is 0 Å².